The van der Waals surface area contributed by atoms with Gasteiger partial charge in [0.15, 0.2) is 5.78 Å². The molecule has 1 saturated carbocycles. The number of hydrogen-bond donors (Lipinski definition) is 1. The normalized spacial score (nSPS) is 26.2. The molecule has 1 amide bonds. The van der Waals surface area contributed by atoms with Crippen molar-refractivity contribution in [1.82, 2.24) is 9.88 Å². The second kappa shape index (κ2) is 8.63. The molecule has 7 heteroatoms. The van der Waals surface area contributed by atoms with E-state index < -0.39 is 0 Å². The Labute approximate surface area is 175 Å². The highest BCUT2D eigenvalue weighted by Crippen LogP contribution is 2.38. The van der Waals surface area contributed by atoms with Gasteiger partial charge in [-0.15, -0.1) is 11.3 Å². The zero-order chi connectivity index (χ0) is 20.4. The van der Waals surface area contributed by atoms with E-state index in [1.165, 1.54) is 11.3 Å². The van der Waals surface area contributed by atoms with E-state index in [1.54, 1.807) is 20.2 Å². The fourth-order valence-electron chi connectivity index (χ4n) is 4.61. The number of amides is 1. The van der Waals surface area contributed by atoms with Crippen molar-refractivity contribution >= 4 is 28.8 Å². The zero-order valence-corrected chi connectivity index (χ0v) is 17.7. The predicted octanol–water partition coefficient (Wildman–Crippen LogP) is 3.25. The molecule has 2 aromatic heterocycles. The van der Waals surface area contributed by atoms with Crippen LogP contribution in [0.3, 0.4) is 0 Å². The molecule has 0 radical (unpaired) electrons. The number of fused-ring (bicyclic) bond motifs is 1. The maximum Gasteiger partial charge on any atom is 0.227 e. The zero-order valence-electron chi connectivity index (χ0n) is 16.8. The Balaban J connectivity index is 1.38. The van der Waals surface area contributed by atoms with Crippen LogP contribution in [0.1, 0.15) is 35.0 Å². The van der Waals surface area contributed by atoms with Gasteiger partial charge in [0.05, 0.1) is 23.4 Å². The van der Waals surface area contributed by atoms with Gasteiger partial charge in [-0.25, -0.2) is 4.98 Å². The van der Waals surface area contributed by atoms with Crippen LogP contribution in [0, 0.1) is 11.8 Å². The van der Waals surface area contributed by atoms with Crippen molar-refractivity contribution in [3.8, 4) is 0 Å². The van der Waals surface area contributed by atoms with E-state index in [-0.39, 0.29) is 23.8 Å². The van der Waals surface area contributed by atoms with Gasteiger partial charge >= 0.3 is 0 Å². The molecule has 1 saturated heterocycles. The lowest BCUT2D eigenvalue weighted by Crippen LogP contribution is -2.44. The number of anilines is 1. The van der Waals surface area contributed by atoms with Gasteiger partial charge < -0.3 is 15.0 Å². The number of nitrogens with zero attached hydrogens (tertiary/aromatic N) is 2. The summed E-state index contributed by atoms with van der Waals surface area (Å²) in [4.78, 5) is 31.4. The maximum absolute atomic E-state index is 12.8. The Morgan fingerprint density at radius 1 is 1.28 bits per heavy atom. The number of likely N-dealkylation sites (tertiary alicyclic amines) is 1. The van der Waals surface area contributed by atoms with E-state index in [1.807, 2.05) is 34.5 Å². The average Bonchev–Trinajstić information content (AvgIpc) is 3.35. The molecule has 3 heterocycles. The Kier molecular flexibility index (Phi) is 5.96. The third kappa shape index (κ3) is 4.51. The highest BCUT2D eigenvalue weighted by Gasteiger charge is 2.43. The van der Waals surface area contributed by atoms with Crippen LogP contribution in [0.2, 0.25) is 0 Å². The van der Waals surface area contributed by atoms with Crippen LogP contribution in [-0.4, -0.2) is 53.9 Å². The van der Waals surface area contributed by atoms with E-state index in [2.05, 4.69) is 10.3 Å². The van der Waals surface area contributed by atoms with E-state index in [0.717, 1.165) is 37.3 Å². The summed E-state index contributed by atoms with van der Waals surface area (Å²) in [6.07, 6.45) is 4.18. The second-order valence-electron chi connectivity index (χ2n) is 8.08. The molecule has 29 heavy (non-hydrogen) atoms. The molecular formula is C22H27N3O3S. The summed E-state index contributed by atoms with van der Waals surface area (Å²) in [7, 11) is 1.76. The number of ether oxygens (including phenoxy) is 1. The van der Waals surface area contributed by atoms with Crippen molar-refractivity contribution in [3.63, 3.8) is 0 Å². The fourth-order valence-corrected chi connectivity index (χ4v) is 5.42. The lowest BCUT2D eigenvalue weighted by atomic mass is 9.77. The molecule has 2 fully saturated rings. The van der Waals surface area contributed by atoms with Crippen molar-refractivity contribution in [1.29, 1.82) is 0 Å². The van der Waals surface area contributed by atoms with Gasteiger partial charge in [-0.3, -0.25) is 9.59 Å². The number of aromatic nitrogens is 1. The largest absolute Gasteiger partial charge is 0.379 e. The van der Waals surface area contributed by atoms with Gasteiger partial charge in [0.1, 0.15) is 5.82 Å². The van der Waals surface area contributed by atoms with Crippen molar-refractivity contribution in [2.45, 2.75) is 38.3 Å². The first-order valence-corrected chi connectivity index (χ1v) is 11.0. The van der Waals surface area contributed by atoms with Gasteiger partial charge in [-0.2, -0.15) is 0 Å². The predicted molar refractivity (Wildman–Crippen MR) is 113 cm³/mol. The van der Waals surface area contributed by atoms with E-state index in [4.69, 9.17) is 4.74 Å². The molecule has 4 atom stereocenters. The topological polar surface area (TPSA) is 71.5 Å². The summed E-state index contributed by atoms with van der Waals surface area (Å²) >= 11 is 1.42. The van der Waals surface area contributed by atoms with Crippen LogP contribution in [0.5, 0.6) is 0 Å². The number of Topliss-reactive ketones (excluding diaryl/α,β-unsaturated/α-hetero) is 1. The Morgan fingerprint density at radius 2 is 2.07 bits per heavy atom. The van der Waals surface area contributed by atoms with Crippen molar-refractivity contribution in [3.05, 3.63) is 46.3 Å². The Morgan fingerprint density at radius 3 is 2.72 bits per heavy atom. The molecule has 1 aliphatic heterocycles. The highest BCUT2D eigenvalue weighted by molar-refractivity contribution is 7.12. The quantitative estimate of drug-likeness (QED) is 0.736. The molecule has 0 spiro atoms. The van der Waals surface area contributed by atoms with Crippen LogP contribution in [0.4, 0.5) is 5.82 Å². The first-order chi connectivity index (χ1) is 14.0. The number of thiophene rings is 1. The lowest BCUT2D eigenvalue weighted by Gasteiger charge is -2.37. The third-order valence-electron chi connectivity index (χ3n) is 6.13. The van der Waals surface area contributed by atoms with Gasteiger partial charge in [-0.05, 0) is 60.7 Å². The molecule has 2 aromatic rings. The number of ketones is 1. The Bertz CT molecular complexity index is 869. The summed E-state index contributed by atoms with van der Waals surface area (Å²) in [5.74, 6) is 2.01. The van der Waals surface area contributed by atoms with Crippen LogP contribution >= 0.6 is 11.3 Å². The average molecular weight is 414 g/mol. The smallest absolute Gasteiger partial charge is 0.227 e. The number of carbonyl (C=O) groups is 2. The third-order valence-corrected chi connectivity index (χ3v) is 7.21. The molecule has 1 N–H and O–H groups in total. The molecule has 0 bridgehead atoms. The van der Waals surface area contributed by atoms with Crippen molar-refractivity contribution < 1.29 is 14.3 Å². The summed E-state index contributed by atoms with van der Waals surface area (Å²) in [6.45, 7) is 3.15. The minimum atomic E-state index is 0.0537. The fraction of sp³-hybridized carbons (Fsp3) is 0.500. The number of pyridine rings is 1. The monoisotopic (exact) mass is 413 g/mol. The van der Waals surface area contributed by atoms with Gasteiger partial charge in [0.25, 0.3) is 0 Å². The number of rotatable bonds is 6. The minimum absolute atomic E-state index is 0.0537. The lowest BCUT2D eigenvalue weighted by molar-refractivity contribution is -0.129. The highest BCUT2D eigenvalue weighted by atomic mass is 32.1. The van der Waals surface area contributed by atoms with E-state index in [9.17, 15) is 9.59 Å². The minimum Gasteiger partial charge on any atom is -0.379 e. The van der Waals surface area contributed by atoms with Gasteiger partial charge in [0, 0.05) is 26.4 Å². The molecule has 154 valence electrons. The maximum atomic E-state index is 12.8. The molecule has 4 rings (SSSR count). The molecule has 2 aliphatic rings. The molecule has 0 aromatic carbocycles. The van der Waals surface area contributed by atoms with Crippen LogP contribution in [0.15, 0.2) is 35.8 Å². The van der Waals surface area contributed by atoms with Crippen molar-refractivity contribution in [2.24, 2.45) is 11.8 Å². The molecule has 1 aliphatic carbocycles. The van der Waals surface area contributed by atoms with Crippen LogP contribution in [-0.2, 0) is 16.0 Å². The number of nitrogens with one attached hydrogen (secondary N) is 1. The SMILES string of the molecule is CO[C@@H]1C[C@H]2CN(C(=O)Cc3csc(C(C)=O)c3)C[C@H]2C[C@H]1Nc1ccccn1. The van der Waals surface area contributed by atoms with Gasteiger partial charge in [-0.1, -0.05) is 6.07 Å². The summed E-state index contributed by atoms with van der Waals surface area (Å²) in [5.41, 5.74) is 0.935. The molecule has 0 unspecified atom stereocenters. The summed E-state index contributed by atoms with van der Waals surface area (Å²) in [5, 5.41) is 5.44. The number of hydrogen-bond acceptors (Lipinski definition) is 6. The molecular weight excluding hydrogens is 386 g/mol. The summed E-state index contributed by atoms with van der Waals surface area (Å²) in [6, 6.07) is 7.90. The number of carbonyl (C=O) groups excluding carboxylic acids is 2. The second-order valence-corrected chi connectivity index (χ2v) is 8.99. The Hall–Kier alpha value is -2.25. The van der Waals surface area contributed by atoms with E-state index >= 15 is 0 Å². The standard InChI is InChI=1S/C22H27N3O3S/c1-14(26)20-7-15(13-29-20)8-22(27)25-11-16-9-18(19(28-2)10-17(16)12-25)24-21-5-3-4-6-23-21/h3-7,13,16-19H,8-12H2,1-2H3,(H,23,24)/t16-,17+,18-,19-/m1/s1. The summed E-state index contributed by atoms with van der Waals surface area (Å²) < 4.78 is 5.78. The molecule has 6 nitrogen and oxygen atoms in total. The van der Waals surface area contributed by atoms with Crippen LogP contribution < -0.4 is 5.32 Å². The van der Waals surface area contributed by atoms with Gasteiger partial charge in [0.2, 0.25) is 5.91 Å². The van der Waals surface area contributed by atoms with E-state index in [0.29, 0.717) is 23.1 Å². The first kappa shape index (κ1) is 20.0. The number of methoxy groups -OCH3 is 1. The first-order valence-electron chi connectivity index (χ1n) is 10.1. The van der Waals surface area contributed by atoms with Crippen molar-refractivity contribution in [2.75, 3.05) is 25.5 Å². The van der Waals surface area contributed by atoms with Crippen LogP contribution in [0.25, 0.3) is 0 Å².